The monoisotopic (exact) mass is 1020 g/mol. The van der Waals surface area contributed by atoms with Gasteiger partial charge in [0.2, 0.25) is 11.5 Å². The minimum absolute atomic E-state index is 0.0445. The molecule has 3 atom stereocenters. The van der Waals surface area contributed by atoms with Crippen molar-refractivity contribution in [2.75, 3.05) is 22.0 Å². The number of thioether (sulfide) groups is 1. The van der Waals surface area contributed by atoms with E-state index in [0.717, 1.165) is 27.8 Å². The van der Waals surface area contributed by atoms with Crippen LogP contribution in [-0.4, -0.2) is 78.2 Å². The highest BCUT2D eigenvalue weighted by Crippen LogP contribution is 2.44. The molecule has 9 rings (SSSR count). The van der Waals surface area contributed by atoms with Gasteiger partial charge >= 0.3 is 11.9 Å². The smallest absolute Gasteiger partial charge is 0.354 e. The van der Waals surface area contributed by atoms with E-state index in [4.69, 9.17) is 14.6 Å². The first-order valence-corrected chi connectivity index (χ1v) is 24.6. The van der Waals surface area contributed by atoms with Gasteiger partial charge in [-0.3, -0.25) is 14.4 Å². The molecule has 3 aliphatic rings. The van der Waals surface area contributed by atoms with Crippen LogP contribution in [0.2, 0.25) is 0 Å². The van der Waals surface area contributed by atoms with Gasteiger partial charge in [0, 0.05) is 34.9 Å². The number of carbonyl (C=O) groups is 4. The molecule has 15 heteroatoms. The maximum absolute atomic E-state index is 14.6. The topological polar surface area (TPSA) is 160 Å². The largest absolute Gasteiger partial charge is 0.481 e. The highest BCUT2D eigenvalue weighted by Gasteiger charge is 2.57. The van der Waals surface area contributed by atoms with Gasteiger partial charge in [-0.1, -0.05) is 179 Å². The fraction of sp³-hybridized carbons (Fsp3) is 0.240. The summed E-state index contributed by atoms with van der Waals surface area (Å²) in [5.74, 6) is -2.43. The van der Waals surface area contributed by atoms with Gasteiger partial charge in [-0.2, -0.15) is 0 Å². The molecule has 1 saturated carbocycles. The lowest BCUT2D eigenvalue weighted by atomic mass is 9.77. The number of fused-ring (bicyclic) bond motifs is 1. The Labute approximate surface area is 398 Å². The predicted octanol–water partition coefficient (Wildman–Crippen LogP) is 8.43. The number of carboxylic acids is 1. The van der Waals surface area contributed by atoms with Crippen LogP contribution in [0.15, 0.2) is 162 Å². The highest BCUT2D eigenvalue weighted by atomic mass is 127. The molecule has 0 radical (unpaired) electrons. The zero-order chi connectivity index (χ0) is 45.0. The minimum Gasteiger partial charge on any atom is -0.481 e. The van der Waals surface area contributed by atoms with Crippen molar-refractivity contribution in [3.05, 3.63) is 191 Å². The summed E-state index contributed by atoms with van der Waals surface area (Å²) >= 11 is 4.64. The second-order valence-electron chi connectivity index (χ2n) is 16.3. The van der Waals surface area contributed by atoms with Crippen LogP contribution in [0.25, 0.3) is 0 Å². The molecule has 2 unspecified atom stereocenters. The number of halogens is 1. The van der Waals surface area contributed by atoms with Crippen LogP contribution in [-0.2, 0) is 34.3 Å². The third-order valence-corrected chi connectivity index (χ3v) is 16.1. The van der Waals surface area contributed by atoms with Crippen molar-refractivity contribution >= 4 is 80.3 Å². The number of ether oxygens (including phenoxy) is 1. The number of hydrogen-bond acceptors (Lipinski definition) is 11. The van der Waals surface area contributed by atoms with Crippen LogP contribution in [0.1, 0.15) is 58.9 Å². The van der Waals surface area contributed by atoms with Crippen LogP contribution >= 0.6 is 45.7 Å². The van der Waals surface area contributed by atoms with Gasteiger partial charge in [-0.15, -0.1) is 23.1 Å². The standard InChI is InChI=1S/C50H44IN5O7S2/c51-30-48(45(59)60)31-56-43(58)40(44(56)65-32-48)53-42(57)39(55-63-49(27-16-28-49)46(61)62-41(33-17-6-1-7-18-33)34-19-8-2-9-20-34)38-29-64-47(52-38)54-50(35-21-10-3-11-22-35,36-23-12-4-13-24-36)37-25-14-5-15-26-37/h1-15,17-26,29,40-41,44H,16,27-28,30-32H2,(H,52,54)(H,53,57)(H,59,60)/t40?,44-,48?/m1/s1. The lowest BCUT2D eigenvalue weighted by Gasteiger charge is -2.53. The van der Waals surface area contributed by atoms with Gasteiger partial charge in [0.25, 0.3) is 5.91 Å². The number of nitrogens with zero attached hydrogens (tertiary/aromatic N) is 3. The van der Waals surface area contributed by atoms with E-state index < -0.39 is 57.8 Å². The summed E-state index contributed by atoms with van der Waals surface area (Å²) in [7, 11) is 0. The maximum atomic E-state index is 14.6. The van der Waals surface area contributed by atoms with E-state index in [1.807, 2.05) is 138 Å². The number of hydrogen-bond donors (Lipinski definition) is 3. The lowest BCUT2D eigenvalue weighted by Crippen LogP contribution is -2.74. The number of aromatic nitrogens is 1. The molecule has 1 aromatic heterocycles. The number of nitrogens with one attached hydrogen (secondary N) is 2. The summed E-state index contributed by atoms with van der Waals surface area (Å²) < 4.78 is 6.60. The Morgan fingerprint density at radius 3 is 1.83 bits per heavy atom. The Morgan fingerprint density at radius 1 is 0.831 bits per heavy atom. The van der Waals surface area contributed by atoms with Crippen LogP contribution in [0.4, 0.5) is 5.13 Å². The SMILES string of the molecule is O=C(NC1C(=O)N2CC(CI)(C(=O)O)CS[C@H]12)C(=NOC1(C(=O)OC(c2ccccc2)c2ccccc2)CCC1)c1csc(NC(c2ccccc2)(c2ccccc2)c2ccccc2)n1. The van der Waals surface area contributed by atoms with Gasteiger partial charge in [0.05, 0.1) is 0 Å². The second kappa shape index (κ2) is 18.8. The quantitative estimate of drug-likeness (QED) is 0.0163. The van der Waals surface area contributed by atoms with E-state index in [2.05, 4.69) is 52.2 Å². The fourth-order valence-electron chi connectivity index (χ4n) is 8.45. The summed E-state index contributed by atoms with van der Waals surface area (Å²) in [5, 5.41) is 22.8. The normalized spacial score (nSPS) is 20.1. The molecular weight excluding hydrogens is 974 g/mol. The molecule has 2 amide bonds. The summed E-state index contributed by atoms with van der Waals surface area (Å²) in [6.07, 6.45) is 0.542. The van der Waals surface area contributed by atoms with Crippen molar-refractivity contribution in [3.8, 4) is 0 Å². The first-order chi connectivity index (χ1) is 31.7. The van der Waals surface area contributed by atoms with E-state index in [-0.39, 0.29) is 23.7 Å². The summed E-state index contributed by atoms with van der Waals surface area (Å²) in [4.78, 5) is 67.5. The number of β-lactam (4-membered cyclic amide) rings is 1. The van der Waals surface area contributed by atoms with E-state index in [1.54, 1.807) is 5.38 Å². The minimum atomic E-state index is -1.49. The van der Waals surface area contributed by atoms with Crippen molar-refractivity contribution in [2.24, 2.45) is 10.6 Å². The number of anilines is 1. The predicted molar refractivity (Wildman–Crippen MR) is 259 cm³/mol. The molecule has 3 N–H and O–H groups in total. The number of thiazole rings is 1. The Balaban J connectivity index is 1.06. The molecule has 2 aliphatic heterocycles. The van der Waals surface area contributed by atoms with E-state index in [1.165, 1.54) is 28.0 Å². The molecule has 65 heavy (non-hydrogen) atoms. The molecule has 5 aromatic carbocycles. The van der Waals surface area contributed by atoms with E-state index >= 15 is 0 Å². The average Bonchev–Trinajstić information content (AvgIpc) is 3.81. The summed E-state index contributed by atoms with van der Waals surface area (Å²) in [5.41, 5.74) is 0.831. The molecule has 330 valence electrons. The van der Waals surface area contributed by atoms with Crippen LogP contribution < -0.4 is 10.6 Å². The highest BCUT2D eigenvalue weighted by molar-refractivity contribution is 14.1. The first-order valence-electron chi connectivity index (χ1n) is 21.2. The van der Waals surface area contributed by atoms with Crippen molar-refractivity contribution < 1.29 is 33.9 Å². The van der Waals surface area contributed by atoms with Crippen molar-refractivity contribution in [3.63, 3.8) is 0 Å². The third kappa shape index (κ3) is 8.52. The van der Waals surface area contributed by atoms with E-state index in [0.29, 0.717) is 28.8 Å². The molecule has 1 aliphatic carbocycles. The van der Waals surface area contributed by atoms with Crippen LogP contribution in [0.3, 0.4) is 0 Å². The summed E-state index contributed by atoms with van der Waals surface area (Å²) in [6, 6.07) is 48.1. The second-order valence-corrected chi connectivity index (χ2v) is 19.1. The molecule has 3 fully saturated rings. The molecule has 12 nitrogen and oxygen atoms in total. The molecule has 0 bridgehead atoms. The number of amides is 2. The van der Waals surface area contributed by atoms with Crippen molar-refractivity contribution in [1.82, 2.24) is 15.2 Å². The van der Waals surface area contributed by atoms with Gasteiger partial charge < -0.3 is 30.2 Å². The van der Waals surface area contributed by atoms with Gasteiger partial charge in [-0.25, -0.2) is 9.78 Å². The average molecular weight is 1020 g/mol. The zero-order valence-corrected chi connectivity index (χ0v) is 38.7. The Bertz CT molecular complexity index is 2560. The Morgan fingerprint density at radius 2 is 1.35 bits per heavy atom. The number of carbonyl (C=O) groups excluding carboxylic acids is 3. The van der Waals surface area contributed by atoms with Gasteiger partial charge in [0.15, 0.2) is 16.9 Å². The number of rotatable bonds is 16. The number of carboxylic acid groups (broad SMARTS) is 1. The van der Waals surface area contributed by atoms with Crippen molar-refractivity contribution in [1.29, 1.82) is 0 Å². The Hall–Kier alpha value is -6.04. The third-order valence-electron chi connectivity index (χ3n) is 12.3. The molecule has 6 aromatic rings. The fourth-order valence-corrected chi connectivity index (χ4v) is 11.9. The van der Waals surface area contributed by atoms with Crippen molar-refractivity contribution in [2.45, 2.75) is 47.9 Å². The van der Waals surface area contributed by atoms with Gasteiger partial charge in [-0.05, 0) is 34.2 Å². The van der Waals surface area contributed by atoms with Crippen LogP contribution in [0, 0.1) is 5.41 Å². The Kier molecular flexibility index (Phi) is 12.8. The molecule has 3 heterocycles. The summed E-state index contributed by atoms with van der Waals surface area (Å²) in [6.45, 7) is 0.0445. The molecule has 2 saturated heterocycles. The molecule has 0 spiro atoms. The maximum Gasteiger partial charge on any atom is 0.354 e. The van der Waals surface area contributed by atoms with Crippen LogP contribution in [0.5, 0.6) is 0 Å². The number of alkyl halides is 1. The zero-order valence-electron chi connectivity index (χ0n) is 34.9. The molecular formula is C50H44IN5O7S2. The number of esters is 1. The van der Waals surface area contributed by atoms with E-state index in [9.17, 15) is 24.3 Å². The number of oxime groups is 1. The lowest BCUT2D eigenvalue weighted by molar-refractivity contribution is -0.189. The first kappa shape index (κ1) is 44.2. The van der Waals surface area contributed by atoms with Gasteiger partial charge in [0.1, 0.15) is 28.1 Å². The number of aliphatic carboxylic acids is 1. The number of benzene rings is 5.